The highest BCUT2D eigenvalue weighted by Crippen LogP contribution is 2.39. The molecule has 0 bridgehead atoms. The van der Waals surface area contributed by atoms with Gasteiger partial charge in [0.2, 0.25) is 0 Å². The summed E-state index contributed by atoms with van der Waals surface area (Å²) in [6.45, 7) is 0. The fourth-order valence-corrected chi connectivity index (χ4v) is 6.68. The number of para-hydroxylation sites is 1. The van der Waals surface area contributed by atoms with Crippen LogP contribution < -0.4 is 0 Å². The van der Waals surface area contributed by atoms with Gasteiger partial charge in [-0.3, -0.25) is 4.40 Å². The van der Waals surface area contributed by atoms with Crippen molar-refractivity contribution in [2.24, 2.45) is 0 Å². The molecule has 4 heterocycles. The van der Waals surface area contributed by atoms with Gasteiger partial charge in [0.15, 0.2) is 23.1 Å². The van der Waals surface area contributed by atoms with Crippen LogP contribution in [0.1, 0.15) is 0 Å². The summed E-state index contributed by atoms with van der Waals surface area (Å²) in [6, 6.07) is 45.4. The van der Waals surface area contributed by atoms with Crippen LogP contribution in [0.4, 0.5) is 0 Å². The lowest BCUT2D eigenvalue weighted by molar-refractivity contribution is 0.666. The van der Waals surface area contributed by atoms with Gasteiger partial charge in [-0.15, -0.1) is 0 Å². The van der Waals surface area contributed by atoms with Crippen molar-refractivity contribution in [3.05, 3.63) is 140 Å². The third-order valence-electron chi connectivity index (χ3n) is 8.83. The molecule has 0 fully saturated rings. The number of benzene rings is 6. The lowest BCUT2D eigenvalue weighted by atomic mass is 9.98. The van der Waals surface area contributed by atoms with Gasteiger partial charge in [0, 0.05) is 38.2 Å². The number of fused-ring (bicyclic) bond motifs is 11. The quantitative estimate of drug-likeness (QED) is 0.192. The van der Waals surface area contributed by atoms with E-state index in [1.54, 1.807) is 0 Å². The van der Waals surface area contributed by atoms with Crippen molar-refractivity contribution < 1.29 is 4.42 Å². The van der Waals surface area contributed by atoms with E-state index >= 15 is 0 Å². The fraction of sp³-hybridized carbons (Fsp3) is 0. The number of rotatable bonds is 3. The zero-order valence-corrected chi connectivity index (χ0v) is 24.4. The molecule has 0 amide bonds. The molecule has 0 N–H and O–H groups in total. The molecule has 0 unspecified atom stereocenters. The number of pyridine rings is 1. The number of nitrogens with zero attached hydrogens (tertiary/aromatic N) is 5. The third-order valence-corrected chi connectivity index (χ3v) is 8.83. The van der Waals surface area contributed by atoms with Gasteiger partial charge in [-0.2, -0.15) is 0 Å². The first-order valence-electron chi connectivity index (χ1n) is 15.2. The predicted octanol–water partition coefficient (Wildman–Crippen LogP) is 9.88. The Balaban J connectivity index is 1.25. The average Bonchev–Trinajstić information content (AvgIpc) is 3.69. The molecule has 4 aromatic heterocycles. The van der Waals surface area contributed by atoms with Crippen molar-refractivity contribution >= 4 is 60.2 Å². The number of imidazole rings is 1. The standard InChI is InChI=1S/C40H23N5O/c1-3-11-24(12-4-1)38-42-39(25-13-5-2-6-14-25)44-40(43-38)26-19-20-30-31(21-26)27-15-7-8-17-29(27)36-37(30)45-23-34-32(22-35(45)41-36)28-16-9-10-18-33(28)46-34/h1-23H. The Morgan fingerprint density at radius 3 is 1.74 bits per heavy atom. The molecule has 6 heteroatoms. The summed E-state index contributed by atoms with van der Waals surface area (Å²) >= 11 is 0. The summed E-state index contributed by atoms with van der Waals surface area (Å²) in [7, 11) is 0. The Kier molecular flexibility index (Phi) is 5.19. The van der Waals surface area contributed by atoms with E-state index in [1.165, 1.54) is 0 Å². The first-order valence-corrected chi connectivity index (χ1v) is 15.2. The Bertz CT molecular complexity index is 2740. The van der Waals surface area contributed by atoms with Gasteiger partial charge in [0.25, 0.3) is 0 Å². The molecule has 0 aliphatic rings. The molecular formula is C40H23N5O. The summed E-state index contributed by atoms with van der Waals surface area (Å²) in [4.78, 5) is 20.0. The Labute approximate surface area is 262 Å². The predicted molar refractivity (Wildman–Crippen MR) is 185 cm³/mol. The summed E-state index contributed by atoms with van der Waals surface area (Å²) in [5.74, 6) is 1.91. The van der Waals surface area contributed by atoms with Crippen LogP contribution in [0.2, 0.25) is 0 Å². The first-order chi connectivity index (χ1) is 22.8. The normalized spacial score (nSPS) is 11.9. The minimum Gasteiger partial charge on any atom is -0.455 e. The van der Waals surface area contributed by atoms with E-state index in [2.05, 4.69) is 65.2 Å². The third kappa shape index (κ3) is 3.70. The molecule has 0 aliphatic heterocycles. The Hall–Kier alpha value is -6.40. The maximum Gasteiger partial charge on any atom is 0.164 e. The average molecular weight is 590 g/mol. The van der Waals surface area contributed by atoms with Crippen LogP contribution in [0.3, 0.4) is 0 Å². The highest BCUT2D eigenvalue weighted by atomic mass is 16.3. The number of hydrogen-bond acceptors (Lipinski definition) is 5. The topological polar surface area (TPSA) is 69.1 Å². The van der Waals surface area contributed by atoms with Crippen molar-refractivity contribution in [3.63, 3.8) is 0 Å². The summed E-state index contributed by atoms with van der Waals surface area (Å²) in [6.07, 6.45) is 2.08. The van der Waals surface area contributed by atoms with E-state index in [9.17, 15) is 0 Å². The Morgan fingerprint density at radius 2 is 1.02 bits per heavy atom. The van der Waals surface area contributed by atoms with E-state index in [-0.39, 0.29) is 0 Å². The van der Waals surface area contributed by atoms with Crippen LogP contribution in [0.5, 0.6) is 0 Å². The van der Waals surface area contributed by atoms with E-state index in [0.29, 0.717) is 17.5 Å². The van der Waals surface area contributed by atoms with Gasteiger partial charge in [-0.05, 0) is 29.0 Å². The molecule has 10 rings (SSSR count). The van der Waals surface area contributed by atoms with Crippen LogP contribution in [-0.4, -0.2) is 24.3 Å². The van der Waals surface area contributed by atoms with Crippen LogP contribution in [0.25, 0.3) is 94.3 Å². The molecule has 214 valence electrons. The van der Waals surface area contributed by atoms with E-state index in [4.69, 9.17) is 24.4 Å². The molecule has 0 radical (unpaired) electrons. The molecule has 0 aliphatic carbocycles. The van der Waals surface area contributed by atoms with Gasteiger partial charge < -0.3 is 4.42 Å². The minimum atomic E-state index is 0.626. The summed E-state index contributed by atoms with van der Waals surface area (Å²) < 4.78 is 8.44. The number of furan rings is 1. The van der Waals surface area contributed by atoms with Crippen molar-refractivity contribution in [2.75, 3.05) is 0 Å². The van der Waals surface area contributed by atoms with Gasteiger partial charge in [0.1, 0.15) is 11.2 Å². The maximum atomic E-state index is 6.28. The maximum absolute atomic E-state index is 6.28. The van der Waals surface area contributed by atoms with Crippen molar-refractivity contribution in [1.29, 1.82) is 0 Å². The molecule has 0 spiro atoms. The molecule has 10 aromatic rings. The van der Waals surface area contributed by atoms with Crippen molar-refractivity contribution in [2.45, 2.75) is 0 Å². The molecule has 46 heavy (non-hydrogen) atoms. The second-order valence-electron chi connectivity index (χ2n) is 11.5. The molecule has 0 saturated heterocycles. The zero-order chi connectivity index (χ0) is 30.2. The molecule has 0 saturated carbocycles. The minimum absolute atomic E-state index is 0.626. The van der Waals surface area contributed by atoms with Gasteiger partial charge in [-0.1, -0.05) is 115 Å². The van der Waals surface area contributed by atoms with E-state index in [1.807, 2.05) is 78.9 Å². The van der Waals surface area contributed by atoms with Crippen LogP contribution >= 0.6 is 0 Å². The second-order valence-corrected chi connectivity index (χ2v) is 11.5. The van der Waals surface area contributed by atoms with E-state index in [0.717, 1.165) is 76.9 Å². The van der Waals surface area contributed by atoms with Crippen LogP contribution in [0, 0.1) is 0 Å². The van der Waals surface area contributed by atoms with Gasteiger partial charge in [-0.25, -0.2) is 19.9 Å². The van der Waals surface area contributed by atoms with Crippen LogP contribution in [-0.2, 0) is 0 Å². The SMILES string of the molecule is c1ccc(-c2nc(-c3ccccc3)nc(-c3ccc4c(c3)c3ccccc3c3nc5cc6c(cn5c43)oc3ccccc36)n2)cc1. The van der Waals surface area contributed by atoms with E-state index < -0.39 is 0 Å². The number of aromatic nitrogens is 5. The first kappa shape index (κ1) is 25.0. The smallest absolute Gasteiger partial charge is 0.164 e. The summed E-state index contributed by atoms with van der Waals surface area (Å²) in [5.41, 5.74) is 7.40. The molecular weight excluding hydrogens is 566 g/mol. The Morgan fingerprint density at radius 1 is 0.413 bits per heavy atom. The lowest BCUT2D eigenvalue weighted by Crippen LogP contribution is -2.00. The molecule has 0 atom stereocenters. The number of hydrogen-bond donors (Lipinski definition) is 0. The fourth-order valence-electron chi connectivity index (χ4n) is 6.68. The van der Waals surface area contributed by atoms with Gasteiger partial charge >= 0.3 is 0 Å². The monoisotopic (exact) mass is 589 g/mol. The van der Waals surface area contributed by atoms with Gasteiger partial charge in [0.05, 0.1) is 17.2 Å². The zero-order valence-electron chi connectivity index (χ0n) is 24.4. The van der Waals surface area contributed by atoms with Crippen molar-refractivity contribution in [3.8, 4) is 34.2 Å². The largest absolute Gasteiger partial charge is 0.455 e. The lowest BCUT2D eigenvalue weighted by Gasteiger charge is -2.11. The highest BCUT2D eigenvalue weighted by Gasteiger charge is 2.19. The molecule has 6 aromatic carbocycles. The van der Waals surface area contributed by atoms with Crippen LogP contribution in [0.15, 0.2) is 144 Å². The second kappa shape index (κ2) is 9.55. The van der Waals surface area contributed by atoms with Crippen molar-refractivity contribution in [1.82, 2.24) is 24.3 Å². The summed E-state index contributed by atoms with van der Waals surface area (Å²) in [5, 5.41) is 6.58. The molecule has 6 nitrogen and oxygen atoms in total. The highest BCUT2D eigenvalue weighted by molar-refractivity contribution is 6.24.